The Bertz CT molecular complexity index is 930. The van der Waals surface area contributed by atoms with Crippen LogP contribution in [0.5, 0.6) is 0 Å². The summed E-state index contributed by atoms with van der Waals surface area (Å²) >= 11 is 0. The van der Waals surface area contributed by atoms with Gasteiger partial charge in [-0.05, 0) is 36.6 Å². The standard InChI is InChI=1S/C22H22N2O5/c25-20(23-12-13-5-2-1-3-6-13)14-7-4-8-15(11-14)24-21(26)18-16-9-10-17(29-16)19(18)22(27)28/h1-8,11,16-19H,9-10,12H2,(H,23,25)(H,24,26)(H,27,28)/t16-,17-,18-,19-/m0/s1. The summed E-state index contributed by atoms with van der Waals surface area (Å²) in [5, 5.41) is 15.1. The Morgan fingerprint density at radius 2 is 1.69 bits per heavy atom. The molecular formula is C22H22N2O5. The van der Waals surface area contributed by atoms with Gasteiger partial charge in [-0.15, -0.1) is 0 Å². The van der Waals surface area contributed by atoms with Gasteiger partial charge in [-0.3, -0.25) is 14.4 Å². The van der Waals surface area contributed by atoms with Crippen LogP contribution in [0.2, 0.25) is 0 Å². The summed E-state index contributed by atoms with van der Waals surface area (Å²) in [6.07, 6.45) is 0.596. The van der Waals surface area contributed by atoms with Crippen LogP contribution < -0.4 is 10.6 Å². The van der Waals surface area contributed by atoms with E-state index in [1.807, 2.05) is 30.3 Å². The quantitative estimate of drug-likeness (QED) is 0.698. The first-order valence-corrected chi connectivity index (χ1v) is 9.64. The molecule has 7 nitrogen and oxygen atoms in total. The first kappa shape index (κ1) is 19.1. The van der Waals surface area contributed by atoms with Crippen LogP contribution in [0.3, 0.4) is 0 Å². The fourth-order valence-corrected chi connectivity index (χ4v) is 4.17. The number of fused-ring (bicyclic) bond motifs is 2. The van der Waals surface area contributed by atoms with E-state index in [-0.39, 0.29) is 17.9 Å². The van der Waals surface area contributed by atoms with E-state index in [0.29, 0.717) is 30.6 Å². The second kappa shape index (κ2) is 8.05. The second-order valence-corrected chi connectivity index (χ2v) is 7.42. The molecule has 0 saturated carbocycles. The fourth-order valence-electron chi connectivity index (χ4n) is 4.17. The lowest BCUT2D eigenvalue weighted by molar-refractivity contribution is -0.147. The molecular weight excluding hydrogens is 372 g/mol. The van der Waals surface area contributed by atoms with Crippen molar-refractivity contribution in [2.24, 2.45) is 11.8 Å². The third-order valence-electron chi connectivity index (χ3n) is 5.55. The van der Waals surface area contributed by atoms with Crippen molar-refractivity contribution in [2.45, 2.75) is 31.6 Å². The molecule has 2 aromatic carbocycles. The normalized spacial score (nSPS) is 24.8. The van der Waals surface area contributed by atoms with Crippen molar-refractivity contribution in [1.29, 1.82) is 0 Å². The van der Waals surface area contributed by atoms with Crippen LogP contribution in [0.25, 0.3) is 0 Å². The van der Waals surface area contributed by atoms with Crippen molar-refractivity contribution in [1.82, 2.24) is 5.32 Å². The number of hydrogen-bond donors (Lipinski definition) is 3. The number of aliphatic carboxylic acids is 1. The highest BCUT2D eigenvalue weighted by Gasteiger charge is 2.55. The van der Waals surface area contributed by atoms with Crippen LogP contribution in [-0.4, -0.2) is 35.1 Å². The molecule has 4 rings (SSSR count). The lowest BCUT2D eigenvalue weighted by atomic mass is 9.78. The lowest BCUT2D eigenvalue weighted by Crippen LogP contribution is -2.41. The molecule has 0 aromatic heterocycles. The Labute approximate surface area is 168 Å². The van der Waals surface area contributed by atoms with Gasteiger partial charge in [-0.2, -0.15) is 0 Å². The molecule has 2 bridgehead atoms. The number of carbonyl (C=O) groups excluding carboxylic acids is 2. The molecule has 7 heteroatoms. The van der Waals surface area contributed by atoms with Crippen molar-refractivity contribution in [3.05, 3.63) is 65.7 Å². The number of hydrogen-bond acceptors (Lipinski definition) is 4. The van der Waals surface area contributed by atoms with Gasteiger partial charge in [0.1, 0.15) is 0 Å². The zero-order valence-corrected chi connectivity index (χ0v) is 15.7. The molecule has 0 spiro atoms. The van der Waals surface area contributed by atoms with E-state index < -0.39 is 23.9 Å². The number of rotatable bonds is 6. The summed E-state index contributed by atoms with van der Waals surface area (Å²) < 4.78 is 5.65. The lowest BCUT2D eigenvalue weighted by Gasteiger charge is -2.23. The van der Waals surface area contributed by atoms with Crippen molar-refractivity contribution >= 4 is 23.5 Å². The van der Waals surface area contributed by atoms with E-state index in [2.05, 4.69) is 10.6 Å². The van der Waals surface area contributed by atoms with Crippen molar-refractivity contribution in [3.63, 3.8) is 0 Å². The summed E-state index contributed by atoms with van der Waals surface area (Å²) in [5.41, 5.74) is 1.85. The molecule has 2 aliphatic heterocycles. The minimum atomic E-state index is -1.01. The smallest absolute Gasteiger partial charge is 0.310 e. The van der Waals surface area contributed by atoms with E-state index in [1.165, 1.54) is 0 Å². The summed E-state index contributed by atoms with van der Waals surface area (Å²) in [6.45, 7) is 0.402. The average molecular weight is 394 g/mol. The van der Waals surface area contributed by atoms with Crippen LogP contribution in [-0.2, 0) is 20.9 Å². The van der Waals surface area contributed by atoms with Crippen LogP contribution in [0, 0.1) is 11.8 Å². The number of anilines is 1. The first-order chi connectivity index (χ1) is 14.0. The van der Waals surface area contributed by atoms with Crippen LogP contribution in [0.15, 0.2) is 54.6 Å². The largest absolute Gasteiger partial charge is 0.481 e. The van der Waals surface area contributed by atoms with Gasteiger partial charge in [0.15, 0.2) is 0 Å². The Hall–Kier alpha value is -3.19. The molecule has 4 atom stereocenters. The SMILES string of the molecule is O=C(NCc1ccccc1)c1cccc(NC(=O)[C@@H]2[C@@H](C(=O)O)[C@@H]3CC[C@@H]2O3)c1. The maximum Gasteiger partial charge on any atom is 0.310 e. The summed E-state index contributed by atoms with van der Waals surface area (Å²) in [7, 11) is 0. The summed E-state index contributed by atoms with van der Waals surface area (Å²) in [4.78, 5) is 36.8. The van der Waals surface area contributed by atoms with E-state index in [0.717, 1.165) is 5.56 Å². The molecule has 0 unspecified atom stereocenters. The highest BCUT2D eigenvalue weighted by atomic mass is 16.5. The number of amides is 2. The molecule has 0 radical (unpaired) electrons. The van der Waals surface area contributed by atoms with Gasteiger partial charge in [0.25, 0.3) is 5.91 Å². The average Bonchev–Trinajstić information content (AvgIpc) is 3.34. The monoisotopic (exact) mass is 394 g/mol. The minimum absolute atomic E-state index is 0.253. The zero-order valence-electron chi connectivity index (χ0n) is 15.7. The minimum Gasteiger partial charge on any atom is -0.481 e. The maximum atomic E-state index is 12.8. The van der Waals surface area contributed by atoms with E-state index in [4.69, 9.17) is 4.74 Å². The predicted molar refractivity (Wildman–Crippen MR) is 105 cm³/mol. The third-order valence-corrected chi connectivity index (χ3v) is 5.55. The third kappa shape index (κ3) is 4.00. The number of carbonyl (C=O) groups is 3. The number of carboxylic acids is 1. The van der Waals surface area contributed by atoms with Crippen LogP contribution in [0.4, 0.5) is 5.69 Å². The maximum absolute atomic E-state index is 12.8. The van der Waals surface area contributed by atoms with E-state index in [9.17, 15) is 19.5 Å². The van der Waals surface area contributed by atoms with Gasteiger partial charge in [0, 0.05) is 17.8 Å². The highest BCUT2D eigenvalue weighted by molar-refractivity contribution is 5.99. The van der Waals surface area contributed by atoms with Gasteiger partial charge in [0.2, 0.25) is 5.91 Å². The molecule has 2 aliphatic rings. The molecule has 3 N–H and O–H groups in total. The Morgan fingerprint density at radius 1 is 0.966 bits per heavy atom. The Balaban J connectivity index is 1.41. The molecule has 2 amide bonds. The second-order valence-electron chi connectivity index (χ2n) is 7.42. The Kier molecular flexibility index (Phi) is 5.31. The van der Waals surface area contributed by atoms with Gasteiger partial charge in [0.05, 0.1) is 24.0 Å². The molecule has 0 aliphatic carbocycles. The van der Waals surface area contributed by atoms with Crippen LogP contribution >= 0.6 is 0 Å². The summed E-state index contributed by atoms with van der Waals surface area (Å²) in [5.74, 6) is -3.19. The number of ether oxygens (including phenoxy) is 1. The predicted octanol–water partition coefficient (Wildman–Crippen LogP) is 2.43. The highest BCUT2D eigenvalue weighted by Crippen LogP contribution is 2.44. The van der Waals surface area contributed by atoms with Gasteiger partial charge < -0.3 is 20.5 Å². The van der Waals surface area contributed by atoms with Gasteiger partial charge in [-0.25, -0.2) is 0 Å². The van der Waals surface area contributed by atoms with Gasteiger partial charge >= 0.3 is 5.97 Å². The molecule has 2 aromatic rings. The summed E-state index contributed by atoms with van der Waals surface area (Å²) in [6, 6.07) is 16.2. The van der Waals surface area contributed by atoms with Crippen LogP contribution in [0.1, 0.15) is 28.8 Å². The van der Waals surface area contributed by atoms with E-state index >= 15 is 0 Å². The first-order valence-electron chi connectivity index (χ1n) is 9.64. The van der Waals surface area contributed by atoms with E-state index in [1.54, 1.807) is 24.3 Å². The number of nitrogens with one attached hydrogen (secondary N) is 2. The zero-order chi connectivity index (χ0) is 20.4. The van der Waals surface area contributed by atoms with Crippen molar-refractivity contribution < 1.29 is 24.2 Å². The fraction of sp³-hybridized carbons (Fsp3) is 0.318. The molecule has 29 heavy (non-hydrogen) atoms. The number of benzene rings is 2. The molecule has 150 valence electrons. The molecule has 2 fully saturated rings. The molecule has 2 saturated heterocycles. The topological polar surface area (TPSA) is 105 Å². The van der Waals surface area contributed by atoms with Crippen molar-refractivity contribution in [2.75, 3.05) is 5.32 Å². The Morgan fingerprint density at radius 3 is 2.41 bits per heavy atom. The number of carboxylic acid groups (broad SMARTS) is 1. The van der Waals surface area contributed by atoms with Gasteiger partial charge in [-0.1, -0.05) is 36.4 Å². The van der Waals surface area contributed by atoms with Crippen molar-refractivity contribution in [3.8, 4) is 0 Å². The molecule has 2 heterocycles.